The molecule has 3 aromatic carbocycles. The molecule has 0 amide bonds. The summed E-state index contributed by atoms with van der Waals surface area (Å²) >= 11 is 0. The first-order chi connectivity index (χ1) is 13.8. The van der Waals surface area contributed by atoms with Crippen molar-refractivity contribution >= 4 is 5.69 Å². The number of H-pyrrole nitrogens is 1. The fourth-order valence-corrected chi connectivity index (χ4v) is 2.86. The van der Waals surface area contributed by atoms with Gasteiger partial charge < -0.3 is 15.2 Å². The van der Waals surface area contributed by atoms with Crippen molar-refractivity contribution in [2.45, 2.75) is 0 Å². The van der Waals surface area contributed by atoms with Gasteiger partial charge in [0, 0.05) is 11.3 Å². The normalized spacial score (nSPS) is 10.6. The van der Waals surface area contributed by atoms with Crippen LogP contribution in [0.2, 0.25) is 0 Å². The Morgan fingerprint density at radius 3 is 2.21 bits per heavy atom. The Kier molecular flexibility index (Phi) is 5.24. The van der Waals surface area contributed by atoms with Crippen LogP contribution in [0.3, 0.4) is 0 Å². The Morgan fingerprint density at radius 1 is 0.714 bits per heavy atom. The predicted octanol–water partition coefficient (Wildman–Crippen LogP) is 4.78. The van der Waals surface area contributed by atoms with Crippen molar-refractivity contribution < 1.29 is 9.47 Å². The number of nitrogen functional groups attached to an aromatic ring is 1. The molecular formula is C23H21N3O2. The van der Waals surface area contributed by atoms with Gasteiger partial charge in [-0.15, -0.1) is 0 Å². The van der Waals surface area contributed by atoms with Gasteiger partial charge in [-0.25, -0.2) is 0 Å². The summed E-state index contributed by atoms with van der Waals surface area (Å²) in [6, 6.07) is 27.3. The van der Waals surface area contributed by atoms with E-state index < -0.39 is 0 Å². The van der Waals surface area contributed by atoms with E-state index in [2.05, 4.69) is 10.2 Å². The van der Waals surface area contributed by atoms with Crippen molar-refractivity contribution in [3.63, 3.8) is 0 Å². The molecule has 5 heteroatoms. The van der Waals surface area contributed by atoms with Crippen LogP contribution in [0.5, 0.6) is 11.5 Å². The molecule has 0 saturated heterocycles. The quantitative estimate of drug-likeness (QED) is 0.362. The molecule has 0 saturated carbocycles. The van der Waals surface area contributed by atoms with Crippen molar-refractivity contribution in [1.29, 1.82) is 0 Å². The van der Waals surface area contributed by atoms with Crippen LogP contribution in [0.4, 0.5) is 5.69 Å². The van der Waals surface area contributed by atoms with Gasteiger partial charge in [0.1, 0.15) is 24.7 Å². The SMILES string of the molecule is Nc1ccc(-c2cc(-c3cccc(OCCOc4ccccc4)c3)n[nH]2)cc1. The van der Waals surface area contributed by atoms with E-state index in [9.17, 15) is 0 Å². The molecule has 4 aromatic rings. The van der Waals surface area contributed by atoms with Crippen molar-refractivity contribution in [1.82, 2.24) is 10.2 Å². The van der Waals surface area contributed by atoms with Crippen LogP contribution in [0, 0.1) is 0 Å². The number of nitrogens with one attached hydrogen (secondary N) is 1. The Hall–Kier alpha value is -3.73. The molecular weight excluding hydrogens is 350 g/mol. The van der Waals surface area contributed by atoms with Crippen LogP contribution in [0.15, 0.2) is 84.9 Å². The Balaban J connectivity index is 1.39. The molecule has 0 bridgehead atoms. The zero-order valence-electron chi connectivity index (χ0n) is 15.3. The molecule has 0 spiro atoms. The predicted molar refractivity (Wildman–Crippen MR) is 111 cm³/mol. The first-order valence-electron chi connectivity index (χ1n) is 9.10. The van der Waals surface area contributed by atoms with Crippen LogP contribution in [-0.2, 0) is 0 Å². The molecule has 0 aliphatic heterocycles. The molecule has 0 fully saturated rings. The summed E-state index contributed by atoms with van der Waals surface area (Å²) in [6.07, 6.45) is 0. The summed E-state index contributed by atoms with van der Waals surface area (Å²) in [5.41, 5.74) is 10.3. The molecule has 0 aliphatic carbocycles. The molecule has 1 heterocycles. The number of benzene rings is 3. The number of hydrogen-bond donors (Lipinski definition) is 2. The van der Waals surface area contributed by atoms with Crippen molar-refractivity contribution in [3.8, 4) is 34.0 Å². The van der Waals surface area contributed by atoms with Gasteiger partial charge in [-0.3, -0.25) is 5.10 Å². The number of ether oxygens (including phenoxy) is 2. The molecule has 0 radical (unpaired) electrons. The van der Waals surface area contributed by atoms with Crippen molar-refractivity contribution in [3.05, 3.63) is 84.9 Å². The number of aromatic amines is 1. The fourth-order valence-electron chi connectivity index (χ4n) is 2.86. The summed E-state index contributed by atoms with van der Waals surface area (Å²) in [6.45, 7) is 0.952. The topological polar surface area (TPSA) is 73.2 Å². The van der Waals surface area contributed by atoms with Gasteiger partial charge >= 0.3 is 0 Å². The Bertz CT molecular complexity index is 1030. The first-order valence-corrected chi connectivity index (χ1v) is 9.10. The third-order valence-corrected chi connectivity index (χ3v) is 4.29. The van der Waals surface area contributed by atoms with E-state index in [-0.39, 0.29) is 0 Å². The molecule has 1 aromatic heterocycles. The van der Waals surface area contributed by atoms with Gasteiger partial charge in [-0.05, 0) is 48.0 Å². The second-order valence-electron chi connectivity index (χ2n) is 6.33. The Morgan fingerprint density at radius 2 is 1.43 bits per heavy atom. The van der Waals surface area contributed by atoms with E-state index >= 15 is 0 Å². The third kappa shape index (κ3) is 4.32. The van der Waals surface area contributed by atoms with Gasteiger partial charge in [-0.1, -0.05) is 42.5 Å². The lowest BCUT2D eigenvalue weighted by atomic mass is 10.1. The van der Waals surface area contributed by atoms with Crippen LogP contribution < -0.4 is 15.2 Å². The minimum absolute atomic E-state index is 0.468. The number of rotatable bonds is 7. The lowest BCUT2D eigenvalue weighted by Gasteiger charge is -2.09. The zero-order chi connectivity index (χ0) is 19.2. The number of nitrogens with two attached hydrogens (primary N) is 1. The smallest absolute Gasteiger partial charge is 0.122 e. The van der Waals surface area contributed by atoms with Gasteiger partial charge in [0.2, 0.25) is 0 Å². The lowest BCUT2D eigenvalue weighted by Crippen LogP contribution is -2.08. The van der Waals surface area contributed by atoms with Gasteiger partial charge in [0.05, 0.1) is 11.4 Å². The van der Waals surface area contributed by atoms with Crippen LogP contribution in [0.25, 0.3) is 22.5 Å². The maximum atomic E-state index is 5.82. The maximum absolute atomic E-state index is 5.82. The molecule has 0 unspecified atom stereocenters. The minimum Gasteiger partial charge on any atom is -0.490 e. The molecule has 140 valence electrons. The number of aromatic nitrogens is 2. The number of para-hydroxylation sites is 1. The van der Waals surface area contributed by atoms with E-state index in [0.29, 0.717) is 13.2 Å². The number of anilines is 1. The van der Waals surface area contributed by atoms with E-state index in [1.54, 1.807) is 0 Å². The van der Waals surface area contributed by atoms with Crippen molar-refractivity contribution in [2.75, 3.05) is 18.9 Å². The summed E-state index contributed by atoms with van der Waals surface area (Å²) < 4.78 is 11.5. The summed E-state index contributed by atoms with van der Waals surface area (Å²) in [5, 5.41) is 7.50. The van der Waals surface area contributed by atoms with E-state index in [1.165, 1.54) is 0 Å². The summed E-state index contributed by atoms with van der Waals surface area (Å²) in [4.78, 5) is 0. The molecule has 28 heavy (non-hydrogen) atoms. The minimum atomic E-state index is 0.468. The monoisotopic (exact) mass is 371 g/mol. The largest absolute Gasteiger partial charge is 0.490 e. The number of nitrogens with zero attached hydrogens (tertiary/aromatic N) is 1. The lowest BCUT2D eigenvalue weighted by molar-refractivity contribution is 0.217. The van der Waals surface area contributed by atoms with Gasteiger partial charge in [-0.2, -0.15) is 5.10 Å². The number of hydrogen-bond acceptors (Lipinski definition) is 4. The highest BCUT2D eigenvalue weighted by atomic mass is 16.5. The van der Waals surface area contributed by atoms with Gasteiger partial charge in [0.15, 0.2) is 0 Å². The molecule has 0 atom stereocenters. The van der Waals surface area contributed by atoms with Crippen LogP contribution in [0.1, 0.15) is 0 Å². The summed E-state index contributed by atoms with van der Waals surface area (Å²) in [5.74, 6) is 1.62. The van der Waals surface area contributed by atoms with E-state index in [0.717, 1.165) is 39.7 Å². The average Bonchev–Trinajstić information content (AvgIpc) is 3.23. The average molecular weight is 371 g/mol. The molecule has 4 rings (SSSR count). The van der Waals surface area contributed by atoms with Gasteiger partial charge in [0.25, 0.3) is 0 Å². The second-order valence-corrected chi connectivity index (χ2v) is 6.33. The molecule has 5 nitrogen and oxygen atoms in total. The standard InChI is InChI=1S/C23H21N3O2/c24-19-11-9-17(10-12-19)22-16-23(26-25-22)18-5-4-8-21(15-18)28-14-13-27-20-6-2-1-3-7-20/h1-12,15-16H,13-14,24H2,(H,25,26). The van der Waals surface area contributed by atoms with Crippen molar-refractivity contribution in [2.24, 2.45) is 0 Å². The highest BCUT2D eigenvalue weighted by Gasteiger charge is 2.07. The maximum Gasteiger partial charge on any atom is 0.122 e. The first kappa shape index (κ1) is 17.7. The van der Waals surface area contributed by atoms with Crippen LogP contribution >= 0.6 is 0 Å². The summed E-state index contributed by atoms with van der Waals surface area (Å²) in [7, 11) is 0. The third-order valence-electron chi connectivity index (χ3n) is 4.29. The highest BCUT2D eigenvalue weighted by molar-refractivity contribution is 5.69. The van der Waals surface area contributed by atoms with E-state index in [1.807, 2.05) is 84.9 Å². The molecule has 0 aliphatic rings. The second kappa shape index (κ2) is 8.31. The Labute approximate surface area is 163 Å². The highest BCUT2D eigenvalue weighted by Crippen LogP contribution is 2.26. The van der Waals surface area contributed by atoms with E-state index in [4.69, 9.17) is 15.2 Å². The zero-order valence-corrected chi connectivity index (χ0v) is 15.3. The fraction of sp³-hybridized carbons (Fsp3) is 0.0870. The van der Waals surface area contributed by atoms with Crippen LogP contribution in [-0.4, -0.2) is 23.4 Å². The molecule has 3 N–H and O–H groups in total.